The van der Waals surface area contributed by atoms with E-state index in [1.54, 1.807) is 33.2 Å². The van der Waals surface area contributed by atoms with Gasteiger partial charge in [-0.3, -0.25) is 4.98 Å². The number of aliphatic hydroxyl groups is 1. The fraction of sp³-hybridized carbons (Fsp3) is 0.350. The van der Waals surface area contributed by atoms with Crippen molar-refractivity contribution in [1.29, 1.82) is 0 Å². The van der Waals surface area contributed by atoms with Gasteiger partial charge in [-0.05, 0) is 39.3 Å². The van der Waals surface area contributed by atoms with Gasteiger partial charge in [0.2, 0.25) is 0 Å². The third-order valence-electron chi connectivity index (χ3n) is 4.67. The summed E-state index contributed by atoms with van der Waals surface area (Å²) in [4.78, 5) is 12.9. The second kappa shape index (κ2) is 7.96. The molecule has 0 amide bonds. The first-order chi connectivity index (χ1) is 13.9. The predicted molar refractivity (Wildman–Crippen MR) is 111 cm³/mol. The number of aryl methyl sites for hydroxylation is 1. The van der Waals surface area contributed by atoms with Gasteiger partial charge in [-0.25, -0.2) is 14.4 Å². The van der Waals surface area contributed by atoms with Crippen molar-refractivity contribution >= 4 is 29.3 Å². The van der Waals surface area contributed by atoms with E-state index in [2.05, 4.69) is 20.3 Å². The third-order valence-corrected chi connectivity index (χ3v) is 6.02. The zero-order valence-electron chi connectivity index (χ0n) is 16.9. The summed E-state index contributed by atoms with van der Waals surface area (Å²) in [5, 5.41) is 12.5. The molecule has 6 nitrogen and oxygen atoms in total. The zero-order valence-corrected chi connectivity index (χ0v) is 17.8. The number of anilines is 1. The van der Waals surface area contributed by atoms with E-state index in [9.17, 15) is 17.7 Å². The Bertz CT molecular complexity index is 1150. The lowest BCUT2D eigenvalue weighted by molar-refractivity contribution is -0.0583. The zero-order chi connectivity index (χ0) is 22.3. The molecular formula is C20H22F3N4O2P. The Morgan fingerprint density at radius 3 is 2.60 bits per heavy atom. The number of rotatable bonds is 6. The van der Waals surface area contributed by atoms with Crippen molar-refractivity contribution < 1.29 is 22.8 Å². The van der Waals surface area contributed by atoms with Crippen LogP contribution in [0.25, 0.3) is 10.9 Å². The van der Waals surface area contributed by atoms with Crippen LogP contribution in [-0.4, -0.2) is 40.0 Å². The number of nitrogens with one attached hydrogen (secondary N) is 1. The molecule has 1 atom stereocenters. The van der Waals surface area contributed by atoms with Crippen LogP contribution in [0.5, 0.6) is 0 Å². The molecule has 10 heteroatoms. The summed E-state index contributed by atoms with van der Waals surface area (Å²) in [5.74, 6) is -4.01. The average molecular weight is 438 g/mol. The van der Waals surface area contributed by atoms with Crippen LogP contribution in [0.3, 0.4) is 0 Å². The molecule has 0 saturated heterocycles. The van der Waals surface area contributed by atoms with Crippen LogP contribution in [0, 0.1) is 12.7 Å². The molecule has 2 heterocycles. The molecule has 0 bridgehead atoms. The lowest BCUT2D eigenvalue weighted by Crippen LogP contribution is -2.22. The number of alkyl halides is 2. The molecule has 0 aliphatic heterocycles. The Labute approximate surface area is 172 Å². The largest absolute Gasteiger partial charge is 0.390 e. The second-order valence-electron chi connectivity index (χ2n) is 7.47. The van der Waals surface area contributed by atoms with Gasteiger partial charge < -0.3 is 15.0 Å². The molecule has 1 aromatic carbocycles. The van der Waals surface area contributed by atoms with Crippen LogP contribution >= 0.6 is 7.14 Å². The van der Waals surface area contributed by atoms with Crippen molar-refractivity contribution in [3.63, 3.8) is 0 Å². The minimum absolute atomic E-state index is 0.00373. The molecule has 3 aromatic rings. The lowest BCUT2D eigenvalue weighted by Gasteiger charge is -2.21. The van der Waals surface area contributed by atoms with E-state index in [1.165, 1.54) is 18.3 Å². The number of hydrogen-bond donors (Lipinski definition) is 2. The number of fused-ring (bicyclic) bond motifs is 1. The van der Waals surface area contributed by atoms with E-state index in [0.29, 0.717) is 28.0 Å². The molecule has 0 aliphatic rings. The summed E-state index contributed by atoms with van der Waals surface area (Å²) in [6.07, 6.45) is 1.50. The van der Waals surface area contributed by atoms with Crippen molar-refractivity contribution in [3.8, 4) is 0 Å². The van der Waals surface area contributed by atoms with Crippen LogP contribution < -0.4 is 10.8 Å². The van der Waals surface area contributed by atoms with Gasteiger partial charge in [0.05, 0.1) is 23.3 Å². The molecule has 0 spiro atoms. The SMILES string of the molecule is Cc1nc(N[C@H](C)c2cccc(C(F)(F)CO)c2F)c2cc(P(C)(C)=O)ncc2n1. The molecule has 0 aliphatic carbocycles. The fourth-order valence-corrected chi connectivity index (χ4v) is 3.85. The highest BCUT2D eigenvalue weighted by atomic mass is 31.2. The summed E-state index contributed by atoms with van der Waals surface area (Å²) in [5.41, 5.74) is 0.0320. The molecule has 30 heavy (non-hydrogen) atoms. The highest BCUT2D eigenvalue weighted by molar-refractivity contribution is 7.69. The van der Waals surface area contributed by atoms with Gasteiger partial charge in [-0.1, -0.05) is 12.1 Å². The van der Waals surface area contributed by atoms with Crippen molar-refractivity contribution in [2.75, 3.05) is 25.3 Å². The summed E-state index contributed by atoms with van der Waals surface area (Å²) < 4.78 is 55.0. The quantitative estimate of drug-likeness (QED) is 0.566. The molecule has 0 radical (unpaired) electrons. The Kier molecular flexibility index (Phi) is 5.89. The maximum Gasteiger partial charge on any atom is 0.298 e. The maximum atomic E-state index is 14.8. The molecule has 2 N–H and O–H groups in total. The van der Waals surface area contributed by atoms with E-state index in [4.69, 9.17) is 5.11 Å². The molecule has 160 valence electrons. The van der Waals surface area contributed by atoms with E-state index in [0.717, 1.165) is 6.07 Å². The van der Waals surface area contributed by atoms with Gasteiger partial charge in [0.15, 0.2) is 0 Å². The predicted octanol–water partition coefficient (Wildman–Crippen LogP) is 3.98. The number of halogens is 3. The van der Waals surface area contributed by atoms with E-state index < -0.39 is 37.1 Å². The maximum absolute atomic E-state index is 14.8. The lowest BCUT2D eigenvalue weighted by atomic mass is 10.00. The van der Waals surface area contributed by atoms with Gasteiger partial charge in [0, 0.05) is 10.9 Å². The fourth-order valence-electron chi connectivity index (χ4n) is 3.08. The number of pyridine rings is 1. The van der Waals surface area contributed by atoms with E-state index in [-0.39, 0.29) is 5.56 Å². The Balaban J connectivity index is 2.06. The highest BCUT2D eigenvalue weighted by Gasteiger charge is 2.35. The normalized spacial score (nSPS) is 13.5. The molecule has 0 fully saturated rings. The van der Waals surface area contributed by atoms with Crippen molar-refractivity contribution in [1.82, 2.24) is 15.0 Å². The number of aliphatic hydroxyl groups excluding tert-OH is 1. The van der Waals surface area contributed by atoms with Gasteiger partial charge in [0.1, 0.15) is 36.6 Å². The Morgan fingerprint density at radius 1 is 1.27 bits per heavy atom. The van der Waals surface area contributed by atoms with Gasteiger partial charge in [-0.2, -0.15) is 8.78 Å². The average Bonchev–Trinajstić information content (AvgIpc) is 2.66. The number of hydrogen-bond acceptors (Lipinski definition) is 6. The van der Waals surface area contributed by atoms with Crippen LogP contribution in [0.2, 0.25) is 0 Å². The van der Waals surface area contributed by atoms with Crippen LogP contribution in [0.15, 0.2) is 30.5 Å². The van der Waals surface area contributed by atoms with Crippen molar-refractivity contribution in [3.05, 3.63) is 53.2 Å². The Hall–Kier alpha value is -2.51. The second-order valence-corrected chi connectivity index (χ2v) is 10.6. The van der Waals surface area contributed by atoms with E-state index in [1.807, 2.05) is 0 Å². The van der Waals surface area contributed by atoms with Crippen molar-refractivity contribution in [2.24, 2.45) is 0 Å². The van der Waals surface area contributed by atoms with Crippen LogP contribution in [-0.2, 0) is 10.5 Å². The standard InChI is InChI=1S/C20H22F3N4O2P/c1-11(13-6-5-7-15(18(13)21)20(22,23)10-28)25-19-14-8-17(30(3,4)29)24-9-16(14)26-12(2)27-19/h5-9,11,28H,10H2,1-4H3,(H,25,26,27)/t11-/m1/s1. The minimum atomic E-state index is -3.69. The number of aromatic nitrogens is 3. The van der Waals surface area contributed by atoms with Crippen LogP contribution in [0.4, 0.5) is 19.0 Å². The summed E-state index contributed by atoms with van der Waals surface area (Å²) in [7, 11) is -2.64. The monoisotopic (exact) mass is 438 g/mol. The van der Waals surface area contributed by atoms with E-state index >= 15 is 0 Å². The first-order valence-electron chi connectivity index (χ1n) is 9.18. The van der Waals surface area contributed by atoms with Crippen molar-refractivity contribution in [2.45, 2.75) is 25.8 Å². The summed E-state index contributed by atoms with van der Waals surface area (Å²) in [6, 6.07) is 4.54. The number of benzene rings is 1. The summed E-state index contributed by atoms with van der Waals surface area (Å²) >= 11 is 0. The van der Waals surface area contributed by atoms with Gasteiger partial charge >= 0.3 is 0 Å². The topological polar surface area (TPSA) is 88.0 Å². The molecular weight excluding hydrogens is 416 g/mol. The van der Waals surface area contributed by atoms with Gasteiger partial charge in [0.25, 0.3) is 5.92 Å². The molecule has 0 unspecified atom stereocenters. The first kappa shape index (κ1) is 22.2. The molecule has 2 aromatic heterocycles. The first-order valence-corrected chi connectivity index (χ1v) is 11.8. The molecule has 0 saturated carbocycles. The minimum Gasteiger partial charge on any atom is -0.390 e. The highest BCUT2D eigenvalue weighted by Crippen LogP contribution is 2.36. The smallest absolute Gasteiger partial charge is 0.298 e. The Morgan fingerprint density at radius 2 is 1.97 bits per heavy atom. The third kappa shape index (κ3) is 4.32. The number of nitrogens with zero attached hydrogens (tertiary/aromatic N) is 3. The molecule has 3 rings (SSSR count). The summed E-state index contributed by atoms with van der Waals surface area (Å²) in [6.45, 7) is 4.98. The van der Waals surface area contributed by atoms with Gasteiger partial charge in [-0.15, -0.1) is 0 Å². The van der Waals surface area contributed by atoms with Crippen LogP contribution in [0.1, 0.15) is 29.9 Å².